The molecule has 0 fully saturated rings. The predicted octanol–water partition coefficient (Wildman–Crippen LogP) is 28.2. The third-order valence-electron chi connectivity index (χ3n) is 20.3. The summed E-state index contributed by atoms with van der Waals surface area (Å²) in [6, 6.07) is -0.540. The smallest absolute Gasteiger partial charge is 0.305 e. The van der Waals surface area contributed by atoms with E-state index in [-0.39, 0.29) is 18.5 Å². The van der Waals surface area contributed by atoms with Crippen LogP contribution in [0.2, 0.25) is 0 Å². The molecule has 0 rings (SSSR count). The third kappa shape index (κ3) is 77.5. The summed E-state index contributed by atoms with van der Waals surface area (Å²) in [5.74, 6) is -0.000852. The van der Waals surface area contributed by atoms with E-state index in [2.05, 4.69) is 31.3 Å². The van der Waals surface area contributed by atoms with Gasteiger partial charge in [-0.15, -0.1) is 0 Å². The summed E-state index contributed by atoms with van der Waals surface area (Å²) in [5, 5.41) is 23.5. The molecule has 0 aromatic heterocycles. The monoisotopic (exact) mass is 1280 g/mol. The van der Waals surface area contributed by atoms with Crippen LogP contribution in [0.4, 0.5) is 0 Å². The van der Waals surface area contributed by atoms with Crippen molar-refractivity contribution < 1.29 is 24.5 Å². The Bertz CT molecular complexity index is 1380. The molecule has 2 unspecified atom stereocenters. The Hall–Kier alpha value is -1.40. The third-order valence-corrected chi connectivity index (χ3v) is 20.3. The van der Waals surface area contributed by atoms with Gasteiger partial charge in [0.15, 0.2) is 0 Å². The van der Waals surface area contributed by atoms with Crippen molar-refractivity contribution >= 4 is 11.9 Å². The van der Waals surface area contributed by atoms with E-state index in [1.54, 1.807) is 0 Å². The molecule has 1 amide bonds. The van der Waals surface area contributed by atoms with Gasteiger partial charge in [-0.25, -0.2) is 0 Å². The summed E-state index contributed by atoms with van der Waals surface area (Å²) >= 11 is 0. The zero-order valence-electron chi connectivity index (χ0n) is 62.4. The molecule has 0 heterocycles. The van der Waals surface area contributed by atoms with Crippen molar-refractivity contribution in [1.82, 2.24) is 5.32 Å². The Kier molecular flexibility index (Phi) is 79.8. The van der Waals surface area contributed by atoms with E-state index in [1.165, 1.54) is 424 Å². The fraction of sp³-hybridized carbons (Fsp3) is 0.953. The van der Waals surface area contributed by atoms with E-state index >= 15 is 0 Å². The van der Waals surface area contributed by atoms with Crippen molar-refractivity contribution in [3.05, 3.63) is 12.2 Å². The highest BCUT2D eigenvalue weighted by Crippen LogP contribution is 2.21. The van der Waals surface area contributed by atoms with Crippen LogP contribution in [0, 0.1) is 0 Å². The number of unbranched alkanes of at least 4 members (excludes halogenated alkanes) is 68. The fourth-order valence-corrected chi connectivity index (χ4v) is 13.9. The van der Waals surface area contributed by atoms with Crippen LogP contribution in [-0.2, 0) is 14.3 Å². The molecule has 0 aromatic carbocycles. The Morgan fingerprint density at radius 1 is 0.297 bits per heavy atom. The average molecular weight is 1280 g/mol. The van der Waals surface area contributed by atoms with Gasteiger partial charge in [-0.3, -0.25) is 9.59 Å². The minimum Gasteiger partial charge on any atom is -0.466 e. The van der Waals surface area contributed by atoms with E-state index < -0.39 is 12.1 Å². The molecule has 2 atom stereocenters. The van der Waals surface area contributed by atoms with E-state index in [0.717, 1.165) is 38.5 Å². The molecule has 0 aliphatic heterocycles. The van der Waals surface area contributed by atoms with Crippen LogP contribution in [0.25, 0.3) is 0 Å². The highest BCUT2D eigenvalue weighted by molar-refractivity contribution is 5.76. The number of ether oxygens (including phenoxy) is 1. The summed E-state index contributed by atoms with van der Waals surface area (Å²) < 4.78 is 5.52. The first kappa shape index (κ1) is 89.6. The Morgan fingerprint density at radius 3 is 0.780 bits per heavy atom. The predicted molar refractivity (Wildman–Crippen MR) is 403 cm³/mol. The van der Waals surface area contributed by atoms with Gasteiger partial charge in [-0.2, -0.15) is 0 Å². The van der Waals surface area contributed by atoms with Gasteiger partial charge in [0.2, 0.25) is 5.91 Å². The van der Waals surface area contributed by atoms with Gasteiger partial charge in [0.25, 0.3) is 0 Å². The molecule has 0 saturated carbocycles. The van der Waals surface area contributed by atoms with Crippen molar-refractivity contribution in [2.24, 2.45) is 0 Å². The highest BCUT2D eigenvalue weighted by Gasteiger charge is 2.20. The Morgan fingerprint density at radius 2 is 0.516 bits per heavy atom. The molecule has 0 radical (unpaired) electrons. The molecule has 3 N–H and O–H groups in total. The molecule has 0 aromatic rings. The quantitative estimate of drug-likeness (QED) is 0.0320. The molecule has 0 aliphatic rings. The second kappa shape index (κ2) is 81.0. The number of nitrogens with one attached hydrogen (secondary N) is 1. The second-order valence-electron chi connectivity index (χ2n) is 29.5. The molecular formula is C85H167NO5. The number of amides is 1. The maximum absolute atomic E-state index is 12.6. The van der Waals surface area contributed by atoms with Gasteiger partial charge in [-0.05, 0) is 51.4 Å². The maximum atomic E-state index is 12.6. The Labute approximate surface area is 571 Å². The fourth-order valence-electron chi connectivity index (χ4n) is 13.9. The average Bonchev–Trinajstić information content (AvgIpc) is 3.56. The van der Waals surface area contributed by atoms with Crippen molar-refractivity contribution in [2.75, 3.05) is 13.2 Å². The van der Waals surface area contributed by atoms with Crippen LogP contribution in [0.5, 0.6) is 0 Å². The van der Waals surface area contributed by atoms with Crippen LogP contribution < -0.4 is 5.32 Å². The van der Waals surface area contributed by atoms with Crippen molar-refractivity contribution in [3.63, 3.8) is 0 Å². The first-order valence-corrected chi connectivity index (χ1v) is 42.4. The SMILES string of the molecule is CCCCCCCCCCCCCCCCCCCCCCCCCC(O)C(CO)NC(=O)CCCCCCCCCCCCCCCCCCC/C=C\CCCCCCCCCCCCCCOC(=O)CCCCCCCCCCCCCCCCCCCC. The number of hydrogen-bond donors (Lipinski definition) is 3. The lowest BCUT2D eigenvalue weighted by molar-refractivity contribution is -0.143. The van der Waals surface area contributed by atoms with Crippen LogP contribution in [0.1, 0.15) is 495 Å². The van der Waals surface area contributed by atoms with Gasteiger partial charge in [-0.1, -0.05) is 443 Å². The minimum absolute atomic E-state index is 0.0246. The van der Waals surface area contributed by atoms with Crippen LogP contribution in [0.15, 0.2) is 12.2 Å². The highest BCUT2D eigenvalue weighted by atomic mass is 16.5. The van der Waals surface area contributed by atoms with E-state index in [1.807, 2.05) is 0 Å². The molecule has 542 valence electrons. The number of allylic oxidation sites excluding steroid dienone is 2. The van der Waals surface area contributed by atoms with Gasteiger partial charge >= 0.3 is 5.97 Å². The molecule has 91 heavy (non-hydrogen) atoms. The zero-order chi connectivity index (χ0) is 65.6. The van der Waals surface area contributed by atoms with Crippen LogP contribution >= 0.6 is 0 Å². The lowest BCUT2D eigenvalue weighted by atomic mass is 10.0. The summed E-state index contributed by atoms with van der Waals surface area (Å²) in [5.41, 5.74) is 0. The number of aliphatic hydroxyl groups excluding tert-OH is 2. The number of rotatable bonds is 81. The number of carbonyl (C=O) groups excluding carboxylic acids is 2. The molecule has 0 aliphatic carbocycles. The molecule has 6 nitrogen and oxygen atoms in total. The largest absolute Gasteiger partial charge is 0.466 e. The number of esters is 1. The Balaban J connectivity index is 3.33. The summed E-state index contributed by atoms with van der Waals surface area (Å²) in [7, 11) is 0. The van der Waals surface area contributed by atoms with Crippen LogP contribution in [-0.4, -0.2) is 47.4 Å². The normalized spacial score (nSPS) is 12.4. The topological polar surface area (TPSA) is 95.9 Å². The van der Waals surface area contributed by atoms with Crippen molar-refractivity contribution in [1.29, 1.82) is 0 Å². The van der Waals surface area contributed by atoms with Crippen molar-refractivity contribution in [2.45, 2.75) is 508 Å². The number of aliphatic hydroxyl groups is 2. The standard InChI is InChI=1S/C85H167NO5/c1-3-5-7-9-11-13-15-17-19-21-23-24-36-39-42-45-49-53-57-61-65-69-73-77-83(88)82(81-87)86-84(89)78-74-70-66-62-58-54-50-46-43-40-37-34-32-30-28-26-25-27-29-31-33-35-38-41-44-48-52-56-60-64-68-72-76-80-91-85(90)79-75-71-67-63-59-55-51-47-22-20-18-16-14-12-10-8-6-4-2/h29,31,82-83,87-88H,3-28,30,32-81H2,1-2H3,(H,86,89)/b31-29-. The molecule has 6 heteroatoms. The van der Waals surface area contributed by atoms with Crippen LogP contribution in [0.3, 0.4) is 0 Å². The minimum atomic E-state index is -0.663. The summed E-state index contributed by atoms with van der Waals surface area (Å²) in [4.78, 5) is 24.7. The summed E-state index contributed by atoms with van der Waals surface area (Å²) in [6.45, 7) is 5.02. The van der Waals surface area contributed by atoms with Gasteiger partial charge in [0.05, 0.1) is 25.4 Å². The van der Waals surface area contributed by atoms with E-state index in [0.29, 0.717) is 25.9 Å². The van der Waals surface area contributed by atoms with Gasteiger partial charge < -0.3 is 20.3 Å². The second-order valence-corrected chi connectivity index (χ2v) is 29.5. The van der Waals surface area contributed by atoms with Crippen molar-refractivity contribution in [3.8, 4) is 0 Å². The van der Waals surface area contributed by atoms with Gasteiger partial charge in [0.1, 0.15) is 0 Å². The van der Waals surface area contributed by atoms with Gasteiger partial charge in [0, 0.05) is 12.8 Å². The van der Waals surface area contributed by atoms with E-state index in [9.17, 15) is 19.8 Å². The first-order chi connectivity index (χ1) is 45.0. The zero-order valence-corrected chi connectivity index (χ0v) is 62.4. The molecule has 0 bridgehead atoms. The first-order valence-electron chi connectivity index (χ1n) is 42.4. The molecule has 0 spiro atoms. The maximum Gasteiger partial charge on any atom is 0.305 e. The lowest BCUT2D eigenvalue weighted by Gasteiger charge is -2.22. The molecule has 0 saturated heterocycles. The molecular weight excluding hydrogens is 1110 g/mol. The number of carbonyl (C=O) groups is 2. The lowest BCUT2D eigenvalue weighted by Crippen LogP contribution is -2.45. The summed E-state index contributed by atoms with van der Waals surface area (Å²) in [6.07, 6.45) is 103. The van der Waals surface area contributed by atoms with E-state index in [4.69, 9.17) is 4.74 Å². The number of hydrogen-bond acceptors (Lipinski definition) is 5.